The standard InChI is InChI=1S/C13H19BrN4O2/c1-9(13(20)18-6-4-3-5-7-18)16-12(19)11-10(14)8-15-17(11)2/h8-9H,3-7H2,1-2H3,(H,16,19). The number of amides is 2. The van der Waals surface area contributed by atoms with Crippen molar-refractivity contribution >= 4 is 27.7 Å². The Morgan fingerprint density at radius 1 is 1.35 bits per heavy atom. The second-order valence-corrected chi connectivity index (χ2v) is 5.90. The summed E-state index contributed by atoms with van der Waals surface area (Å²) in [6.45, 7) is 3.29. The number of hydrogen-bond acceptors (Lipinski definition) is 3. The van der Waals surface area contributed by atoms with E-state index in [-0.39, 0.29) is 11.8 Å². The topological polar surface area (TPSA) is 67.2 Å². The van der Waals surface area contributed by atoms with Crippen molar-refractivity contribution in [3.05, 3.63) is 16.4 Å². The van der Waals surface area contributed by atoms with Gasteiger partial charge in [0.05, 0.1) is 10.7 Å². The number of piperidine rings is 1. The minimum atomic E-state index is -0.526. The SMILES string of the molecule is CC(NC(=O)c1c(Br)cnn1C)C(=O)N1CCCCC1. The number of carbonyl (C=O) groups excluding carboxylic acids is 2. The Morgan fingerprint density at radius 2 is 2.00 bits per heavy atom. The van der Waals surface area contributed by atoms with Crippen molar-refractivity contribution < 1.29 is 9.59 Å². The van der Waals surface area contributed by atoms with Crippen LogP contribution in [0.4, 0.5) is 0 Å². The third-order valence-electron chi connectivity index (χ3n) is 3.49. The summed E-state index contributed by atoms with van der Waals surface area (Å²) < 4.78 is 2.10. The smallest absolute Gasteiger partial charge is 0.271 e. The first-order valence-electron chi connectivity index (χ1n) is 6.78. The van der Waals surface area contributed by atoms with Crippen LogP contribution in [0.2, 0.25) is 0 Å². The second-order valence-electron chi connectivity index (χ2n) is 5.05. The quantitative estimate of drug-likeness (QED) is 0.900. The van der Waals surface area contributed by atoms with Gasteiger partial charge in [0, 0.05) is 20.1 Å². The Labute approximate surface area is 126 Å². The predicted molar refractivity (Wildman–Crippen MR) is 78.3 cm³/mol. The average Bonchev–Trinajstić information content (AvgIpc) is 2.78. The van der Waals surface area contributed by atoms with E-state index >= 15 is 0 Å². The number of carbonyl (C=O) groups is 2. The molecule has 110 valence electrons. The van der Waals surface area contributed by atoms with Crippen molar-refractivity contribution in [3.8, 4) is 0 Å². The molecular formula is C13H19BrN4O2. The Hall–Kier alpha value is -1.37. The first kappa shape index (κ1) is 15.0. The highest BCUT2D eigenvalue weighted by Crippen LogP contribution is 2.15. The molecule has 0 bridgehead atoms. The van der Waals surface area contributed by atoms with Crippen LogP contribution in [-0.4, -0.2) is 45.6 Å². The van der Waals surface area contributed by atoms with Crippen LogP contribution in [0, 0.1) is 0 Å². The third kappa shape index (κ3) is 3.20. The van der Waals surface area contributed by atoms with Gasteiger partial charge in [0.2, 0.25) is 5.91 Å². The van der Waals surface area contributed by atoms with Gasteiger partial charge in [-0.2, -0.15) is 5.10 Å². The molecule has 7 heteroatoms. The maximum Gasteiger partial charge on any atom is 0.271 e. The largest absolute Gasteiger partial charge is 0.341 e. The van der Waals surface area contributed by atoms with Crippen molar-refractivity contribution in [3.63, 3.8) is 0 Å². The van der Waals surface area contributed by atoms with Gasteiger partial charge in [0.1, 0.15) is 11.7 Å². The summed E-state index contributed by atoms with van der Waals surface area (Å²) in [5.41, 5.74) is 0.420. The van der Waals surface area contributed by atoms with Crippen molar-refractivity contribution in [2.75, 3.05) is 13.1 Å². The molecule has 2 amide bonds. The van der Waals surface area contributed by atoms with E-state index in [2.05, 4.69) is 26.3 Å². The van der Waals surface area contributed by atoms with Crippen LogP contribution >= 0.6 is 15.9 Å². The minimum absolute atomic E-state index is 0.0173. The van der Waals surface area contributed by atoms with Gasteiger partial charge in [0.25, 0.3) is 5.91 Å². The lowest BCUT2D eigenvalue weighted by Crippen LogP contribution is -2.48. The lowest BCUT2D eigenvalue weighted by Gasteiger charge is -2.29. The number of likely N-dealkylation sites (tertiary alicyclic amines) is 1. The van der Waals surface area contributed by atoms with Crippen LogP contribution in [-0.2, 0) is 11.8 Å². The molecule has 1 atom stereocenters. The molecule has 0 aliphatic carbocycles. The van der Waals surface area contributed by atoms with Gasteiger partial charge in [-0.15, -0.1) is 0 Å². The van der Waals surface area contributed by atoms with Gasteiger partial charge in [-0.05, 0) is 42.1 Å². The Bertz CT molecular complexity index is 489. The molecule has 0 aromatic carbocycles. The lowest BCUT2D eigenvalue weighted by molar-refractivity contribution is -0.133. The van der Waals surface area contributed by atoms with E-state index in [0.717, 1.165) is 25.9 Å². The fraction of sp³-hybridized carbons (Fsp3) is 0.615. The summed E-state index contributed by atoms with van der Waals surface area (Å²) in [4.78, 5) is 26.2. The highest BCUT2D eigenvalue weighted by Gasteiger charge is 2.25. The third-order valence-corrected chi connectivity index (χ3v) is 4.08. The van der Waals surface area contributed by atoms with Gasteiger partial charge in [0.15, 0.2) is 0 Å². The summed E-state index contributed by atoms with van der Waals surface area (Å²) in [6.07, 6.45) is 4.82. The van der Waals surface area contributed by atoms with Crippen LogP contribution in [0.15, 0.2) is 10.7 Å². The molecule has 1 aliphatic rings. The number of aryl methyl sites for hydroxylation is 1. The average molecular weight is 343 g/mol. The van der Waals surface area contributed by atoms with Crippen molar-refractivity contribution in [2.45, 2.75) is 32.2 Å². The predicted octanol–water partition coefficient (Wildman–Crippen LogP) is 1.31. The van der Waals surface area contributed by atoms with Crippen LogP contribution in [0.25, 0.3) is 0 Å². The maximum absolute atomic E-state index is 12.3. The number of halogens is 1. The van der Waals surface area contributed by atoms with Gasteiger partial charge in [-0.3, -0.25) is 14.3 Å². The molecule has 1 fully saturated rings. The Kier molecular flexibility index (Phi) is 4.80. The molecule has 2 rings (SSSR count). The molecule has 1 saturated heterocycles. The number of aromatic nitrogens is 2. The Morgan fingerprint density at radius 3 is 2.55 bits per heavy atom. The fourth-order valence-corrected chi connectivity index (χ4v) is 2.91. The molecule has 6 nitrogen and oxygen atoms in total. The molecule has 1 N–H and O–H groups in total. The second kappa shape index (κ2) is 6.39. The van der Waals surface area contributed by atoms with Gasteiger partial charge in [-0.1, -0.05) is 0 Å². The molecular weight excluding hydrogens is 324 g/mol. The first-order valence-corrected chi connectivity index (χ1v) is 7.57. The number of nitrogens with zero attached hydrogens (tertiary/aromatic N) is 3. The van der Waals surface area contributed by atoms with Crippen LogP contribution < -0.4 is 5.32 Å². The van der Waals surface area contributed by atoms with Gasteiger partial charge < -0.3 is 10.2 Å². The van der Waals surface area contributed by atoms with E-state index in [1.807, 2.05) is 4.90 Å². The number of hydrogen-bond donors (Lipinski definition) is 1. The van der Waals surface area contributed by atoms with E-state index in [1.165, 1.54) is 11.1 Å². The van der Waals surface area contributed by atoms with E-state index in [1.54, 1.807) is 20.2 Å². The molecule has 2 heterocycles. The summed E-state index contributed by atoms with van der Waals surface area (Å²) in [5.74, 6) is -0.314. The molecule has 0 saturated carbocycles. The highest BCUT2D eigenvalue weighted by molar-refractivity contribution is 9.10. The lowest BCUT2D eigenvalue weighted by atomic mass is 10.1. The highest BCUT2D eigenvalue weighted by atomic mass is 79.9. The van der Waals surface area contributed by atoms with Crippen LogP contribution in [0.1, 0.15) is 36.7 Å². The molecule has 1 aromatic rings. The first-order chi connectivity index (χ1) is 9.50. The van der Waals surface area contributed by atoms with Gasteiger partial charge in [-0.25, -0.2) is 0 Å². The number of nitrogens with one attached hydrogen (secondary N) is 1. The minimum Gasteiger partial charge on any atom is -0.341 e. The molecule has 0 spiro atoms. The van der Waals surface area contributed by atoms with Crippen molar-refractivity contribution in [2.24, 2.45) is 7.05 Å². The van der Waals surface area contributed by atoms with Gasteiger partial charge >= 0.3 is 0 Å². The molecule has 1 aliphatic heterocycles. The molecule has 0 radical (unpaired) electrons. The van der Waals surface area contributed by atoms with Crippen LogP contribution in [0.3, 0.4) is 0 Å². The van der Waals surface area contributed by atoms with Crippen molar-refractivity contribution in [1.82, 2.24) is 20.0 Å². The van der Waals surface area contributed by atoms with E-state index < -0.39 is 6.04 Å². The normalized spacial score (nSPS) is 16.9. The van der Waals surface area contributed by atoms with E-state index in [9.17, 15) is 9.59 Å². The van der Waals surface area contributed by atoms with E-state index in [4.69, 9.17) is 0 Å². The zero-order valence-corrected chi connectivity index (χ0v) is 13.3. The summed E-state index contributed by atoms with van der Waals surface area (Å²) >= 11 is 3.28. The van der Waals surface area contributed by atoms with E-state index in [0.29, 0.717) is 10.2 Å². The zero-order chi connectivity index (χ0) is 14.7. The molecule has 20 heavy (non-hydrogen) atoms. The Balaban J connectivity index is 1.98. The van der Waals surface area contributed by atoms with Crippen LogP contribution in [0.5, 0.6) is 0 Å². The number of rotatable bonds is 3. The monoisotopic (exact) mass is 342 g/mol. The zero-order valence-electron chi connectivity index (χ0n) is 11.7. The summed E-state index contributed by atoms with van der Waals surface area (Å²) in [6, 6.07) is -0.526. The molecule has 1 unspecified atom stereocenters. The summed E-state index contributed by atoms with van der Waals surface area (Å²) in [5, 5.41) is 6.73. The maximum atomic E-state index is 12.3. The fourth-order valence-electron chi connectivity index (χ4n) is 2.38. The summed E-state index contributed by atoms with van der Waals surface area (Å²) in [7, 11) is 1.69. The van der Waals surface area contributed by atoms with Crippen molar-refractivity contribution in [1.29, 1.82) is 0 Å². The molecule has 1 aromatic heterocycles.